The molecule has 0 bridgehead atoms. The molecule has 0 spiro atoms. The average molecular weight is 368 g/mol. The minimum absolute atomic E-state index is 0.0858. The van der Waals surface area contributed by atoms with Gasteiger partial charge in [-0.25, -0.2) is 4.39 Å². The van der Waals surface area contributed by atoms with E-state index in [1.807, 2.05) is 18.2 Å². The number of carbonyl (C=O) groups excluding carboxylic acids is 1. The van der Waals surface area contributed by atoms with Crippen LogP contribution < -0.4 is 15.6 Å². The van der Waals surface area contributed by atoms with Gasteiger partial charge in [-0.2, -0.15) is 0 Å². The molecule has 3 aromatic rings. The lowest BCUT2D eigenvalue weighted by Gasteiger charge is -2.10. The first-order valence-electron chi connectivity index (χ1n) is 8.73. The summed E-state index contributed by atoms with van der Waals surface area (Å²) >= 11 is 0. The van der Waals surface area contributed by atoms with Crippen LogP contribution >= 0.6 is 0 Å². The van der Waals surface area contributed by atoms with E-state index in [2.05, 4.69) is 24.1 Å². The third-order valence-corrected chi connectivity index (χ3v) is 4.25. The van der Waals surface area contributed by atoms with Crippen LogP contribution in [0.15, 0.2) is 53.3 Å². The first kappa shape index (κ1) is 18.6. The van der Waals surface area contributed by atoms with E-state index >= 15 is 0 Å². The third-order valence-electron chi connectivity index (χ3n) is 4.25. The molecule has 0 atom stereocenters. The molecule has 0 radical (unpaired) electrons. The SMILES string of the molecule is CC(C)c1ccc2[nH]c(=O)c(CNC(=O)COc3cccc(F)c3)cc2c1. The molecular weight excluding hydrogens is 347 g/mol. The van der Waals surface area contributed by atoms with Crippen molar-refractivity contribution < 1.29 is 13.9 Å². The number of hydrogen-bond donors (Lipinski definition) is 2. The second-order valence-corrected chi connectivity index (χ2v) is 6.65. The molecule has 2 N–H and O–H groups in total. The maximum Gasteiger partial charge on any atom is 0.258 e. The van der Waals surface area contributed by atoms with Crippen LogP contribution in [-0.4, -0.2) is 17.5 Å². The van der Waals surface area contributed by atoms with Crippen molar-refractivity contribution in [2.45, 2.75) is 26.3 Å². The Morgan fingerprint density at radius 1 is 1.19 bits per heavy atom. The predicted molar refractivity (Wildman–Crippen MR) is 102 cm³/mol. The number of carbonyl (C=O) groups is 1. The van der Waals surface area contributed by atoms with Crippen molar-refractivity contribution in [3.8, 4) is 5.75 Å². The Balaban J connectivity index is 1.66. The van der Waals surface area contributed by atoms with Gasteiger partial charge in [0.15, 0.2) is 6.61 Å². The number of ether oxygens (including phenoxy) is 1. The molecule has 27 heavy (non-hydrogen) atoms. The summed E-state index contributed by atoms with van der Waals surface area (Å²) in [6.07, 6.45) is 0. The maximum atomic E-state index is 13.1. The van der Waals surface area contributed by atoms with E-state index in [0.717, 1.165) is 10.9 Å². The van der Waals surface area contributed by atoms with Gasteiger partial charge >= 0.3 is 0 Å². The number of aromatic amines is 1. The number of aromatic nitrogens is 1. The van der Waals surface area contributed by atoms with Gasteiger partial charge in [-0.05, 0) is 47.2 Å². The van der Waals surface area contributed by atoms with E-state index in [1.165, 1.54) is 23.8 Å². The van der Waals surface area contributed by atoms with Crippen molar-refractivity contribution in [1.82, 2.24) is 10.3 Å². The molecule has 0 unspecified atom stereocenters. The van der Waals surface area contributed by atoms with Crippen molar-refractivity contribution >= 4 is 16.8 Å². The average Bonchev–Trinajstić information content (AvgIpc) is 2.64. The fraction of sp³-hybridized carbons (Fsp3) is 0.238. The predicted octanol–water partition coefficient (Wildman–Crippen LogP) is 3.49. The molecular formula is C21H21FN2O3. The first-order chi connectivity index (χ1) is 12.9. The summed E-state index contributed by atoms with van der Waals surface area (Å²) in [4.78, 5) is 27.0. The van der Waals surface area contributed by atoms with Crippen LogP contribution in [0.3, 0.4) is 0 Å². The summed E-state index contributed by atoms with van der Waals surface area (Å²) in [6, 6.07) is 13.3. The Kier molecular flexibility index (Phi) is 5.54. The molecule has 3 rings (SSSR count). The highest BCUT2D eigenvalue weighted by Crippen LogP contribution is 2.20. The van der Waals surface area contributed by atoms with Gasteiger partial charge in [0.05, 0.1) is 0 Å². The van der Waals surface area contributed by atoms with Crippen LogP contribution in [0.4, 0.5) is 4.39 Å². The molecule has 5 nitrogen and oxygen atoms in total. The molecule has 0 aliphatic rings. The molecule has 1 amide bonds. The zero-order valence-corrected chi connectivity index (χ0v) is 15.2. The van der Waals surface area contributed by atoms with Crippen LogP contribution in [0.5, 0.6) is 5.75 Å². The summed E-state index contributed by atoms with van der Waals surface area (Å²) in [5, 5.41) is 3.57. The first-order valence-corrected chi connectivity index (χ1v) is 8.73. The van der Waals surface area contributed by atoms with Crippen LogP contribution in [0.25, 0.3) is 10.9 Å². The van der Waals surface area contributed by atoms with Crippen molar-refractivity contribution in [2.75, 3.05) is 6.61 Å². The lowest BCUT2D eigenvalue weighted by Crippen LogP contribution is -2.30. The molecule has 2 aromatic carbocycles. The standard InChI is InChI=1S/C21H21FN2O3/c1-13(2)14-6-7-19-15(8-14)9-16(21(26)24-19)11-23-20(25)12-27-18-5-3-4-17(22)10-18/h3-10,13H,11-12H2,1-2H3,(H,23,25)(H,24,26). The van der Waals surface area contributed by atoms with Gasteiger partial charge in [-0.3, -0.25) is 9.59 Å². The quantitative estimate of drug-likeness (QED) is 0.700. The molecule has 0 aliphatic heterocycles. The second kappa shape index (κ2) is 8.03. The van der Waals surface area contributed by atoms with E-state index in [0.29, 0.717) is 11.5 Å². The van der Waals surface area contributed by atoms with Crippen molar-refractivity contribution in [1.29, 1.82) is 0 Å². The lowest BCUT2D eigenvalue weighted by atomic mass is 10.0. The minimum atomic E-state index is -0.434. The van der Waals surface area contributed by atoms with Gasteiger partial charge in [0.1, 0.15) is 11.6 Å². The number of pyridine rings is 1. The molecule has 0 aliphatic carbocycles. The van der Waals surface area contributed by atoms with Crippen LogP contribution in [0, 0.1) is 5.82 Å². The summed E-state index contributed by atoms with van der Waals surface area (Å²) < 4.78 is 18.3. The topological polar surface area (TPSA) is 71.2 Å². The zero-order chi connectivity index (χ0) is 19.4. The smallest absolute Gasteiger partial charge is 0.258 e. The number of H-pyrrole nitrogens is 1. The van der Waals surface area contributed by atoms with Crippen molar-refractivity contribution in [3.05, 3.63) is 75.8 Å². The Bertz CT molecular complexity index is 1030. The summed E-state index contributed by atoms with van der Waals surface area (Å²) in [7, 11) is 0. The molecule has 140 valence electrons. The van der Waals surface area contributed by atoms with Crippen LogP contribution in [-0.2, 0) is 11.3 Å². The molecule has 1 aromatic heterocycles. The van der Waals surface area contributed by atoms with Gasteiger partial charge < -0.3 is 15.0 Å². The van der Waals surface area contributed by atoms with Gasteiger partial charge in [-0.15, -0.1) is 0 Å². The van der Waals surface area contributed by atoms with Crippen molar-refractivity contribution in [3.63, 3.8) is 0 Å². The zero-order valence-electron chi connectivity index (χ0n) is 15.2. The molecule has 0 saturated carbocycles. The lowest BCUT2D eigenvalue weighted by molar-refractivity contribution is -0.123. The minimum Gasteiger partial charge on any atom is -0.484 e. The summed E-state index contributed by atoms with van der Waals surface area (Å²) in [6.45, 7) is 4.04. The van der Waals surface area contributed by atoms with Crippen molar-refractivity contribution in [2.24, 2.45) is 0 Å². The number of benzene rings is 2. The van der Waals surface area contributed by atoms with Gasteiger partial charge in [0.2, 0.25) is 0 Å². The van der Waals surface area contributed by atoms with E-state index in [-0.39, 0.29) is 24.5 Å². The molecule has 1 heterocycles. The second-order valence-electron chi connectivity index (χ2n) is 6.65. The molecule has 0 saturated heterocycles. The fourth-order valence-corrected chi connectivity index (χ4v) is 2.71. The monoisotopic (exact) mass is 368 g/mol. The Hall–Kier alpha value is -3.15. The van der Waals surface area contributed by atoms with Crippen LogP contribution in [0.2, 0.25) is 0 Å². The van der Waals surface area contributed by atoms with E-state index in [4.69, 9.17) is 4.74 Å². The van der Waals surface area contributed by atoms with E-state index in [9.17, 15) is 14.0 Å². The fourth-order valence-electron chi connectivity index (χ4n) is 2.71. The number of rotatable bonds is 6. The largest absolute Gasteiger partial charge is 0.484 e. The highest BCUT2D eigenvalue weighted by Gasteiger charge is 2.08. The van der Waals surface area contributed by atoms with E-state index < -0.39 is 11.7 Å². The Morgan fingerprint density at radius 2 is 2.00 bits per heavy atom. The highest BCUT2D eigenvalue weighted by atomic mass is 19.1. The number of nitrogens with one attached hydrogen (secondary N) is 2. The Morgan fingerprint density at radius 3 is 2.74 bits per heavy atom. The highest BCUT2D eigenvalue weighted by molar-refractivity contribution is 5.80. The third kappa shape index (κ3) is 4.73. The summed E-state index contributed by atoms with van der Waals surface area (Å²) in [5.74, 6) is -0.176. The Labute approximate surface area is 156 Å². The van der Waals surface area contributed by atoms with Gasteiger partial charge in [-0.1, -0.05) is 26.0 Å². The van der Waals surface area contributed by atoms with E-state index in [1.54, 1.807) is 12.1 Å². The maximum absolute atomic E-state index is 13.1. The van der Waals surface area contributed by atoms with Gasteiger partial charge in [0, 0.05) is 23.7 Å². The van der Waals surface area contributed by atoms with Gasteiger partial charge in [0.25, 0.3) is 11.5 Å². The number of amides is 1. The number of halogens is 1. The number of fused-ring (bicyclic) bond motifs is 1. The summed E-state index contributed by atoms with van der Waals surface area (Å²) in [5.41, 5.74) is 2.15. The normalized spacial score (nSPS) is 11.0. The van der Waals surface area contributed by atoms with Crippen LogP contribution in [0.1, 0.15) is 30.9 Å². The number of hydrogen-bond acceptors (Lipinski definition) is 3. The molecule has 6 heteroatoms. The molecule has 0 fully saturated rings.